The number of halogens is 2. The molecule has 1 saturated heterocycles. The van der Waals surface area contributed by atoms with Crippen LogP contribution in [0.1, 0.15) is 38.7 Å². The highest BCUT2D eigenvalue weighted by Gasteiger charge is 2.32. The molecule has 0 amide bonds. The van der Waals surface area contributed by atoms with E-state index in [4.69, 9.17) is 11.6 Å². The highest BCUT2D eigenvalue weighted by atomic mass is 35.5. The molecule has 0 spiro atoms. The van der Waals surface area contributed by atoms with Crippen LogP contribution < -0.4 is 0 Å². The van der Waals surface area contributed by atoms with Crippen LogP contribution in [0.2, 0.25) is 5.02 Å². The fraction of sp³-hybridized carbons (Fsp3) is 0.632. The lowest BCUT2D eigenvalue weighted by Crippen LogP contribution is -2.51. The Kier molecular flexibility index (Phi) is 8.88. The quantitative estimate of drug-likeness (QED) is 0.796. The van der Waals surface area contributed by atoms with Crippen LogP contribution in [0.4, 0.5) is 4.39 Å². The number of carbonyl (C=O) groups is 1. The van der Waals surface area contributed by atoms with Crippen molar-refractivity contribution in [2.75, 3.05) is 33.7 Å². The number of alkyl halides is 1. The first-order chi connectivity index (χ1) is 11.4. The molecule has 1 aromatic carbocycles. The molecule has 0 aromatic heterocycles. The summed E-state index contributed by atoms with van der Waals surface area (Å²) in [7, 11) is 3.83. The van der Waals surface area contributed by atoms with Crippen LogP contribution in [-0.4, -0.2) is 61.5 Å². The predicted octanol–water partition coefficient (Wildman–Crippen LogP) is 4.01. The minimum Gasteiger partial charge on any atom is -0.303 e. The second-order valence-corrected chi connectivity index (χ2v) is 6.75. The van der Waals surface area contributed by atoms with Gasteiger partial charge in [0.2, 0.25) is 0 Å². The van der Waals surface area contributed by atoms with Crippen LogP contribution in [0.25, 0.3) is 0 Å². The normalized spacial score (nSPS) is 22.7. The van der Waals surface area contributed by atoms with Crippen LogP contribution in [0.3, 0.4) is 0 Å². The average Bonchev–Trinajstić information content (AvgIpc) is 2.55. The molecule has 3 unspecified atom stereocenters. The van der Waals surface area contributed by atoms with Crippen molar-refractivity contribution in [3.63, 3.8) is 0 Å². The number of ketones is 1. The summed E-state index contributed by atoms with van der Waals surface area (Å²) < 4.78 is 14.3. The topological polar surface area (TPSA) is 23.6 Å². The number of hydrogen-bond donors (Lipinski definition) is 0. The molecule has 0 radical (unpaired) electrons. The van der Waals surface area contributed by atoms with E-state index < -0.39 is 6.17 Å². The summed E-state index contributed by atoms with van der Waals surface area (Å²) in [6, 6.07) is 7.33. The lowest BCUT2D eigenvalue weighted by atomic mass is 9.93. The van der Waals surface area contributed by atoms with Gasteiger partial charge in [-0.05, 0) is 51.7 Å². The maximum Gasteiger partial charge on any atom is 0.138 e. The third kappa shape index (κ3) is 5.83. The highest BCUT2D eigenvalue weighted by Crippen LogP contribution is 2.24. The maximum absolute atomic E-state index is 14.3. The molecular formula is C19H30ClFN2O. The Balaban J connectivity index is 0.00000139. The van der Waals surface area contributed by atoms with Gasteiger partial charge in [-0.1, -0.05) is 37.6 Å². The van der Waals surface area contributed by atoms with Crippen LogP contribution in [0.15, 0.2) is 24.3 Å². The summed E-state index contributed by atoms with van der Waals surface area (Å²) in [5, 5.41) is 0.654. The summed E-state index contributed by atoms with van der Waals surface area (Å²) in [6.07, 6.45) is -0.0825. The smallest absolute Gasteiger partial charge is 0.138 e. The summed E-state index contributed by atoms with van der Waals surface area (Å²) in [6.45, 7) is 7.37. The maximum atomic E-state index is 14.3. The van der Waals surface area contributed by atoms with Crippen molar-refractivity contribution >= 4 is 17.4 Å². The number of piperidine rings is 1. The summed E-state index contributed by atoms with van der Waals surface area (Å²) in [5.74, 6) is -0.118. The number of hydrogen-bond acceptors (Lipinski definition) is 3. The van der Waals surface area contributed by atoms with Crippen LogP contribution in [0, 0.1) is 0 Å². The Hall–Kier alpha value is -0.970. The molecule has 1 heterocycles. The van der Waals surface area contributed by atoms with Gasteiger partial charge in [-0.15, -0.1) is 0 Å². The third-order valence-corrected chi connectivity index (χ3v) is 4.71. The monoisotopic (exact) mass is 356 g/mol. The van der Waals surface area contributed by atoms with E-state index in [0.29, 0.717) is 18.1 Å². The molecular weight excluding hydrogens is 327 g/mol. The Morgan fingerprint density at radius 3 is 2.38 bits per heavy atom. The molecule has 2 rings (SSSR count). The molecule has 3 atom stereocenters. The van der Waals surface area contributed by atoms with Gasteiger partial charge in [0.1, 0.15) is 12.0 Å². The van der Waals surface area contributed by atoms with Gasteiger partial charge in [0.05, 0.1) is 5.92 Å². The van der Waals surface area contributed by atoms with Crippen LogP contribution in [0.5, 0.6) is 0 Å². The zero-order valence-corrected chi connectivity index (χ0v) is 16.2. The summed E-state index contributed by atoms with van der Waals surface area (Å²) in [5.41, 5.74) is 0.946. The number of nitrogens with zero attached hydrogens (tertiary/aromatic N) is 2. The van der Waals surface area contributed by atoms with Gasteiger partial charge in [-0.3, -0.25) is 9.69 Å². The zero-order chi connectivity index (χ0) is 18.3. The van der Waals surface area contributed by atoms with Gasteiger partial charge in [0.15, 0.2) is 0 Å². The van der Waals surface area contributed by atoms with E-state index in [1.807, 2.05) is 45.0 Å². The van der Waals surface area contributed by atoms with E-state index in [1.165, 1.54) is 0 Å². The van der Waals surface area contributed by atoms with Crippen molar-refractivity contribution in [3.8, 4) is 0 Å². The molecule has 1 aliphatic heterocycles. The standard InChI is InChI=1S/C17H24ClFN2O.C2H6/c1-12(22)15(13-4-6-14(18)7-5-13)10-21-9-8-17(20(2)3)16(19)11-21;1-2/h4-7,15-17H,8-11H2,1-3H3;1-2H3. The zero-order valence-electron chi connectivity index (χ0n) is 15.4. The fourth-order valence-corrected chi connectivity index (χ4v) is 3.25. The van der Waals surface area contributed by atoms with Gasteiger partial charge in [0.25, 0.3) is 0 Å². The minimum atomic E-state index is -0.874. The van der Waals surface area contributed by atoms with Crippen molar-refractivity contribution in [2.24, 2.45) is 0 Å². The predicted molar refractivity (Wildman–Crippen MR) is 99.7 cm³/mol. The Morgan fingerprint density at radius 2 is 1.92 bits per heavy atom. The third-order valence-electron chi connectivity index (χ3n) is 4.46. The van der Waals surface area contributed by atoms with Crippen molar-refractivity contribution < 1.29 is 9.18 Å². The molecule has 1 fully saturated rings. The Morgan fingerprint density at radius 1 is 1.33 bits per heavy atom. The lowest BCUT2D eigenvalue weighted by Gasteiger charge is -2.38. The number of Topliss-reactive ketones (excluding diaryl/α,β-unsaturated/α-hetero) is 1. The number of benzene rings is 1. The fourth-order valence-electron chi connectivity index (χ4n) is 3.12. The first kappa shape index (κ1) is 21.1. The van der Waals surface area contributed by atoms with Gasteiger partial charge in [0, 0.05) is 24.2 Å². The summed E-state index contributed by atoms with van der Waals surface area (Å²) in [4.78, 5) is 16.0. The molecule has 1 aliphatic rings. The van der Waals surface area contributed by atoms with Crippen molar-refractivity contribution in [1.29, 1.82) is 0 Å². The molecule has 5 heteroatoms. The molecule has 3 nitrogen and oxygen atoms in total. The minimum absolute atomic E-state index is 0.0254. The molecule has 1 aromatic rings. The van der Waals surface area contributed by atoms with Gasteiger partial charge < -0.3 is 4.90 Å². The Bertz CT molecular complexity index is 507. The number of likely N-dealkylation sites (tertiary alicyclic amines) is 1. The van der Waals surface area contributed by atoms with E-state index in [1.54, 1.807) is 19.1 Å². The van der Waals surface area contributed by atoms with Crippen molar-refractivity contribution in [3.05, 3.63) is 34.9 Å². The first-order valence-corrected chi connectivity index (χ1v) is 9.05. The van der Waals surface area contributed by atoms with Gasteiger partial charge in [-0.2, -0.15) is 0 Å². The SMILES string of the molecule is CC.CC(=O)C(CN1CCC(N(C)C)C(F)C1)c1ccc(Cl)cc1. The van der Waals surface area contributed by atoms with Crippen LogP contribution in [-0.2, 0) is 4.79 Å². The molecule has 0 saturated carbocycles. The highest BCUT2D eigenvalue weighted by molar-refractivity contribution is 6.30. The lowest BCUT2D eigenvalue weighted by molar-refractivity contribution is -0.119. The molecule has 24 heavy (non-hydrogen) atoms. The van der Waals surface area contributed by atoms with E-state index >= 15 is 0 Å². The van der Waals surface area contributed by atoms with E-state index in [9.17, 15) is 9.18 Å². The number of carbonyl (C=O) groups excluding carboxylic acids is 1. The second-order valence-electron chi connectivity index (χ2n) is 6.31. The average molecular weight is 357 g/mol. The molecule has 0 aliphatic carbocycles. The first-order valence-electron chi connectivity index (χ1n) is 8.67. The van der Waals surface area contributed by atoms with Crippen molar-refractivity contribution in [1.82, 2.24) is 9.80 Å². The van der Waals surface area contributed by atoms with Gasteiger partial charge >= 0.3 is 0 Å². The number of rotatable bonds is 5. The molecule has 0 N–H and O–H groups in total. The van der Waals surface area contributed by atoms with Crippen molar-refractivity contribution in [2.45, 2.75) is 45.3 Å². The van der Waals surface area contributed by atoms with E-state index in [2.05, 4.69) is 4.90 Å². The molecule has 136 valence electrons. The largest absolute Gasteiger partial charge is 0.303 e. The molecule has 0 bridgehead atoms. The second kappa shape index (κ2) is 10.1. The van der Waals surface area contributed by atoms with E-state index in [0.717, 1.165) is 18.5 Å². The van der Waals surface area contributed by atoms with Crippen LogP contribution >= 0.6 is 11.6 Å². The van der Waals surface area contributed by atoms with Gasteiger partial charge in [-0.25, -0.2) is 4.39 Å². The summed E-state index contributed by atoms with van der Waals surface area (Å²) >= 11 is 5.90. The van der Waals surface area contributed by atoms with E-state index in [-0.39, 0.29) is 17.7 Å². The Labute approximate surface area is 150 Å².